The second kappa shape index (κ2) is 5.04. The summed E-state index contributed by atoms with van der Waals surface area (Å²) in [7, 11) is 0. The lowest BCUT2D eigenvalue weighted by Gasteiger charge is -2.36. The van der Waals surface area contributed by atoms with Crippen LogP contribution in [0.4, 0.5) is 4.79 Å². The summed E-state index contributed by atoms with van der Waals surface area (Å²) in [5, 5.41) is 0. The van der Waals surface area contributed by atoms with Crippen molar-refractivity contribution in [1.29, 1.82) is 0 Å². The molecule has 0 aromatic rings. The van der Waals surface area contributed by atoms with Crippen molar-refractivity contribution in [2.45, 2.75) is 38.6 Å². The molecule has 0 bridgehead atoms. The number of hydrogen-bond acceptors (Lipinski definition) is 2. The van der Waals surface area contributed by atoms with E-state index in [-0.39, 0.29) is 12.1 Å². The number of urea groups is 1. The van der Waals surface area contributed by atoms with Crippen molar-refractivity contribution in [3.63, 3.8) is 0 Å². The molecule has 2 aliphatic heterocycles. The number of nitrogens with zero attached hydrogens (tertiary/aromatic N) is 2. The molecule has 2 aliphatic rings. The first-order valence-corrected chi connectivity index (χ1v) is 6.48. The average molecular weight is 225 g/mol. The van der Waals surface area contributed by atoms with Gasteiger partial charge in [-0.3, -0.25) is 0 Å². The van der Waals surface area contributed by atoms with E-state index in [9.17, 15) is 4.79 Å². The number of rotatable bonds is 1. The molecule has 4 nitrogen and oxygen atoms in total. The maximum absolute atomic E-state index is 12.2. The van der Waals surface area contributed by atoms with Crippen LogP contribution >= 0.6 is 0 Å². The fourth-order valence-corrected chi connectivity index (χ4v) is 2.72. The number of carbonyl (C=O) groups is 1. The van der Waals surface area contributed by atoms with Crippen molar-refractivity contribution in [3.8, 4) is 0 Å². The van der Waals surface area contributed by atoms with E-state index < -0.39 is 0 Å². The van der Waals surface area contributed by atoms with Gasteiger partial charge in [-0.2, -0.15) is 0 Å². The monoisotopic (exact) mass is 225 g/mol. The third-order valence-electron chi connectivity index (χ3n) is 3.85. The molecule has 0 radical (unpaired) electrons. The van der Waals surface area contributed by atoms with Crippen molar-refractivity contribution in [2.75, 3.05) is 26.2 Å². The molecule has 2 heterocycles. The van der Waals surface area contributed by atoms with Crippen LogP contribution in [0.25, 0.3) is 0 Å². The summed E-state index contributed by atoms with van der Waals surface area (Å²) in [6.07, 6.45) is 4.60. The molecule has 0 aromatic heterocycles. The Labute approximate surface area is 97.8 Å². The van der Waals surface area contributed by atoms with Crippen LogP contribution in [0.5, 0.6) is 0 Å². The summed E-state index contributed by atoms with van der Waals surface area (Å²) in [4.78, 5) is 16.2. The SMILES string of the molecule is CC(N)C1CCCN(C(=O)N2CCCC2)C1. The van der Waals surface area contributed by atoms with Gasteiger partial charge in [-0.1, -0.05) is 0 Å². The topological polar surface area (TPSA) is 49.6 Å². The predicted octanol–water partition coefficient (Wildman–Crippen LogP) is 1.26. The minimum Gasteiger partial charge on any atom is -0.328 e. The van der Waals surface area contributed by atoms with Crippen LogP contribution in [0.1, 0.15) is 32.6 Å². The molecule has 0 aromatic carbocycles. The minimum absolute atomic E-state index is 0.203. The number of hydrogen-bond donors (Lipinski definition) is 1. The molecule has 92 valence electrons. The predicted molar refractivity (Wildman–Crippen MR) is 64.1 cm³/mol. The lowest BCUT2D eigenvalue weighted by Crippen LogP contribution is -2.49. The first-order valence-electron chi connectivity index (χ1n) is 6.48. The quantitative estimate of drug-likeness (QED) is 0.730. The highest BCUT2D eigenvalue weighted by Crippen LogP contribution is 2.21. The molecule has 2 rings (SSSR count). The van der Waals surface area contributed by atoms with Gasteiger partial charge in [0, 0.05) is 32.2 Å². The number of piperidine rings is 1. The smallest absolute Gasteiger partial charge is 0.320 e. The fraction of sp³-hybridized carbons (Fsp3) is 0.917. The number of nitrogens with two attached hydrogens (primary N) is 1. The Morgan fingerprint density at radius 3 is 2.44 bits per heavy atom. The number of likely N-dealkylation sites (tertiary alicyclic amines) is 2. The summed E-state index contributed by atoms with van der Waals surface area (Å²) in [6.45, 7) is 5.70. The van der Waals surface area contributed by atoms with Crippen LogP contribution in [0, 0.1) is 5.92 Å². The molecular weight excluding hydrogens is 202 g/mol. The second-order valence-electron chi connectivity index (χ2n) is 5.18. The Bertz CT molecular complexity index is 249. The minimum atomic E-state index is 0.203. The van der Waals surface area contributed by atoms with Gasteiger partial charge in [0.25, 0.3) is 0 Å². The zero-order valence-electron chi connectivity index (χ0n) is 10.2. The molecule has 2 amide bonds. The molecule has 0 saturated carbocycles. The number of amides is 2. The standard InChI is InChI=1S/C12H23N3O/c1-10(13)11-5-4-8-15(9-11)12(16)14-6-2-3-7-14/h10-11H,2-9,13H2,1H3. The highest BCUT2D eigenvalue weighted by atomic mass is 16.2. The third kappa shape index (κ3) is 2.48. The largest absolute Gasteiger partial charge is 0.328 e. The lowest BCUT2D eigenvalue weighted by molar-refractivity contribution is 0.131. The molecule has 2 unspecified atom stereocenters. The molecule has 4 heteroatoms. The Kier molecular flexibility index (Phi) is 3.69. The molecule has 0 aliphatic carbocycles. The van der Waals surface area contributed by atoms with Gasteiger partial charge in [-0.15, -0.1) is 0 Å². The van der Waals surface area contributed by atoms with E-state index in [0.717, 1.165) is 45.4 Å². The molecule has 2 saturated heterocycles. The van der Waals surface area contributed by atoms with Crippen LogP contribution in [-0.4, -0.2) is 48.1 Å². The maximum atomic E-state index is 12.2. The zero-order valence-corrected chi connectivity index (χ0v) is 10.2. The van der Waals surface area contributed by atoms with E-state index in [1.807, 2.05) is 9.80 Å². The molecular formula is C12H23N3O. The van der Waals surface area contributed by atoms with Gasteiger partial charge in [0.05, 0.1) is 0 Å². The Morgan fingerprint density at radius 2 is 1.81 bits per heavy atom. The van der Waals surface area contributed by atoms with Gasteiger partial charge in [0.15, 0.2) is 0 Å². The van der Waals surface area contributed by atoms with E-state index in [1.54, 1.807) is 0 Å². The average Bonchev–Trinajstić information content (AvgIpc) is 2.81. The first-order chi connectivity index (χ1) is 7.68. The van der Waals surface area contributed by atoms with Crippen LogP contribution in [0.3, 0.4) is 0 Å². The maximum Gasteiger partial charge on any atom is 0.320 e. The summed E-state index contributed by atoms with van der Waals surface area (Å²) in [5.41, 5.74) is 5.93. The fourth-order valence-electron chi connectivity index (χ4n) is 2.72. The van der Waals surface area contributed by atoms with Gasteiger partial charge in [0.1, 0.15) is 0 Å². The molecule has 2 fully saturated rings. The van der Waals surface area contributed by atoms with E-state index in [4.69, 9.17) is 5.73 Å². The Hall–Kier alpha value is -0.770. The molecule has 2 N–H and O–H groups in total. The summed E-state index contributed by atoms with van der Waals surface area (Å²) in [5.74, 6) is 0.486. The second-order valence-corrected chi connectivity index (χ2v) is 5.18. The van der Waals surface area contributed by atoms with Gasteiger partial charge >= 0.3 is 6.03 Å². The van der Waals surface area contributed by atoms with Crippen molar-refractivity contribution >= 4 is 6.03 Å². The van der Waals surface area contributed by atoms with Crippen LogP contribution in [0.2, 0.25) is 0 Å². The van der Waals surface area contributed by atoms with Crippen LogP contribution in [-0.2, 0) is 0 Å². The lowest BCUT2D eigenvalue weighted by atomic mass is 9.92. The van der Waals surface area contributed by atoms with Crippen molar-refractivity contribution in [3.05, 3.63) is 0 Å². The van der Waals surface area contributed by atoms with E-state index in [2.05, 4.69) is 6.92 Å². The summed E-state index contributed by atoms with van der Waals surface area (Å²) in [6, 6.07) is 0.442. The Morgan fingerprint density at radius 1 is 1.19 bits per heavy atom. The van der Waals surface area contributed by atoms with Crippen molar-refractivity contribution in [2.24, 2.45) is 11.7 Å². The van der Waals surface area contributed by atoms with E-state index in [1.165, 1.54) is 6.42 Å². The van der Waals surface area contributed by atoms with Gasteiger partial charge in [-0.05, 0) is 38.5 Å². The summed E-state index contributed by atoms with van der Waals surface area (Å²) >= 11 is 0. The third-order valence-corrected chi connectivity index (χ3v) is 3.85. The van der Waals surface area contributed by atoms with E-state index >= 15 is 0 Å². The highest BCUT2D eigenvalue weighted by Gasteiger charge is 2.29. The van der Waals surface area contributed by atoms with Crippen LogP contribution < -0.4 is 5.73 Å². The molecule has 16 heavy (non-hydrogen) atoms. The molecule has 0 spiro atoms. The van der Waals surface area contributed by atoms with Crippen molar-refractivity contribution in [1.82, 2.24) is 9.80 Å². The van der Waals surface area contributed by atoms with Gasteiger partial charge in [0.2, 0.25) is 0 Å². The summed E-state index contributed by atoms with van der Waals surface area (Å²) < 4.78 is 0. The zero-order chi connectivity index (χ0) is 11.5. The first kappa shape index (κ1) is 11.7. The van der Waals surface area contributed by atoms with Crippen molar-refractivity contribution < 1.29 is 4.79 Å². The van der Waals surface area contributed by atoms with Gasteiger partial charge in [-0.25, -0.2) is 4.79 Å². The molecule has 2 atom stereocenters. The van der Waals surface area contributed by atoms with E-state index in [0.29, 0.717) is 5.92 Å². The van der Waals surface area contributed by atoms with Crippen LogP contribution in [0.15, 0.2) is 0 Å². The number of carbonyl (C=O) groups excluding carboxylic acids is 1. The van der Waals surface area contributed by atoms with Gasteiger partial charge < -0.3 is 15.5 Å². The highest BCUT2D eigenvalue weighted by molar-refractivity contribution is 5.74. The Balaban J connectivity index is 1.90. The normalized spacial score (nSPS) is 28.2.